The monoisotopic (exact) mass is 473 g/mol. The Hall–Kier alpha value is -3.45. The number of alkyl halides is 3. The van der Waals surface area contributed by atoms with Gasteiger partial charge in [-0.25, -0.2) is 9.40 Å². The molecule has 6 nitrogen and oxygen atoms in total. The first-order chi connectivity index (χ1) is 16.1. The Labute approximate surface area is 194 Å². The Bertz CT molecular complexity index is 1150. The molecule has 0 aromatic heterocycles. The smallest absolute Gasteiger partial charge is 0.323 e. The van der Waals surface area contributed by atoms with Crippen molar-refractivity contribution < 1.29 is 22.4 Å². The van der Waals surface area contributed by atoms with Gasteiger partial charge in [0.1, 0.15) is 17.6 Å². The molecule has 34 heavy (non-hydrogen) atoms. The van der Waals surface area contributed by atoms with E-state index in [0.717, 1.165) is 29.1 Å². The fourth-order valence-corrected chi connectivity index (χ4v) is 4.40. The molecular weight excluding hydrogens is 450 g/mol. The molecule has 0 aliphatic carbocycles. The molecule has 2 heterocycles. The lowest BCUT2D eigenvalue weighted by atomic mass is 9.95. The number of rotatable bonds is 4. The fourth-order valence-electron chi connectivity index (χ4n) is 4.40. The first kappa shape index (κ1) is 23.7. The topological polar surface area (TPSA) is 71.7 Å². The quantitative estimate of drug-likeness (QED) is 0.638. The molecule has 1 atom stereocenters. The lowest BCUT2D eigenvalue weighted by Crippen LogP contribution is -2.65. The molecule has 2 aromatic rings. The third kappa shape index (κ3) is 4.35. The van der Waals surface area contributed by atoms with Crippen LogP contribution in [-0.4, -0.2) is 41.4 Å². The summed E-state index contributed by atoms with van der Waals surface area (Å²) in [5, 5.41) is 16.9. The second-order valence-electron chi connectivity index (χ2n) is 8.49. The predicted molar refractivity (Wildman–Crippen MR) is 120 cm³/mol. The number of carbonyl (C=O) groups is 1. The van der Waals surface area contributed by atoms with Crippen molar-refractivity contribution in [2.24, 2.45) is 5.10 Å². The van der Waals surface area contributed by atoms with Gasteiger partial charge in [-0.1, -0.05) is 24.1 Å². The molecular formula is C24H23F4N5O. The van der Waals surface area contributed by atoms with Crippen molar-refractivity contribution in [1.82, 2.24) is 4.90 Å². The molecule has 2 aliphatic heterocycles. The van der Waals surface area contributed by atoms with Gasteiger partial charge >= 0.3 is 6.18 Å². The summed E-state index contributed by atoms with van der Waals surface area (Å²) < 4.78 is 55.7. The molecule has 0 unspecified atom stereocenters. The molecule has 4 rings (SSSR count). The summed E-state index contributed by atoms with van der Waals surface area (Å²) in [5.74, 6) is -1.48. The predicted octanol–water partition coefficient (Wildman–Crippen LogP) is 4.96. The maximum absolute atomic E-state index is 14.0. The van der Waals surface area contributed by atoms with E-state index >= 15 is 0 Å². The number of nitrogens with one attached hydrogen (secondary N) is 1. The third-order valence-corrected chi connectivity index (χ3v) is 6.18. The fraction of sp³-hybridized carbons (Fsp3) is 0.375. The highest BCUT2D eigenvalue weighted by Crippen LogP contribution is 2.42. The second-order valence-corrected chi connectivity index (χ2v) is 8.49. The van der Waals surface area contributed by atoms with Gasteiger partial charge in [0.15, 0.2) is 0 Å². The number of hydrazone groups is 1. The van der Waals surface area contributed by atoms with Gasteiger partial charge in [0.2, 0.25) is 5.66 Å². The number of hydrogen-bond acceptors (Lipinski definition) is 5. The molecule has 178 valence electrons. The number of amides is 1. The Morgan fingerprint density at radius 2 is 1.79 bits per heavy atom. The zero-order chi connectivity index (χ0) is 24.5. The minimum atomic E-state index is -4.77. The average molecular weight is 473 g/mol. The van der Waals surface area contributed by atoms with Gasteiger partial charge in [-0.3, -0.25) is 9.69 Å². The SMILES string of the molecule is Cc1ccc(NC(=O)[C@@]2(N3CCCCC3)CC(C(F)(F)F)=NN2c2ccc(F)c(C#N)c2)cc1. The van der Waals surface area contributed by atoms with Crippen LogP contribution < -0.4 is 10.3 Å². The molecule has 2 aromatic carbocycles. The minimum Gasteiger partial charge on any atom is -0.323 e. The number of aryl methyl sites for hydroxylation is 1. The number of benzene rings is 2. The van der Waals surface area contributed by atoms with E-state index in [1.165, 1.54) is 6.07 Å². The lowest BCUT2D eigenvalue weighted by molar-refractivity contribution is -0.128. The van der Waals surface area contributed by atoms with Crippen molar-refractivity contribution in [3.63, 3.8) is 0 Å². The molecule has 1 fully saturated rings. The highest BCUT2D eigenvalue weighted by Gasteiger charge is 2.58. The van der Waals surface area contributed by atoms with Crippen molar-refractivity contribution in [2.45, 2.75) is 44.4 Å². The number of anilines is 2. The summed E-state index contributed by atoms with van der Waals surface area (Å²) >= 11 is 0. The van der Waals surface area contributed by atoms with Crippen LogP contribution in [0.4, 0.5) is 28.9 Å². The largest absolute Gasteiger partial charge is 0.431 e. The highest BCUT2D eigenvalue weighted by atomic mass is 19.4. The van der Waals surface area contributed by atoms with E-state index in [1.807, 2.05) is 6.92 Å². The van der Waals surface area contributed by atoms with E-state index in [4.69, 9.17) is 0 Å². The Morgan fingerprint density at radius 3 is 2.41 bits per heavy atom. The first-order valence-corrected chi connectivity index (χ1v) is 10.9. The van der Waals surface area contributed by atoms with Crippen LogP contribution in [0.3, 0.4) is 0 Å². The Kier molecular flexibility index (Phi) is 6.32. The van der Waals surface area contributed by atoms with E-state index in [-0.39, 0.29) is 11.3 Å². The number of nitriles is 1. The summed E-state index contributed by atoms with van der Waals surface area (Å²) in [6.07, 6.45) is -3.15. The number of piperidine rings is 1. The van der Waals surface area contributed by atoms with Gasteiger partial charge in [0, 0.05) is 25.2 Å². The molecule has 0 spiro atoms. The molecule has 1 amide bonds. The van der Waals surface area contributed by atoms with Gasteiger partial charge in [0.25, 0.3) is 5.91 Å². The third-order valence-electron chi connectivity index (χ3n) is 6.18. The Morgan fingerprint density at radius 1 is 1.12 bits per heavy atom. The van der Waals surface area contributed by atoms with E-state index in [9.17, 15) is 27.6 Å². The van der Waals surface area contributed by atoms with Gasteiger partial charge < -0.3 is 5.32 Å². The molecule has 1 saturated heterocycles. The molecule has 0 saturated carbocycles. The van der Waals surface area contributed by atoms with E-state index in [1.54, 1.807) is 35.2 Å². The van der Waals surface area contributed by atoms with E-state index < -0.39 is 35.7 Å². The van der Waals surface area contributed by atoms with Crippen LogP contribution in [0.1, 0.15) is 36.8 Å². The molecule has 1 N–H and O–H groups in total. The minimum absolute atomic E-state index is 0.0295. The van der Waals surface area contributed by atoms with E-state index in [2.05, 4.69) is 10.4 Å². The van der Waals surface area contributed by atoms with Crippen LogP contribution in [0, 0.1) is 24.1 Å². The van der Waals surface area contributed by atoms with Gasteiger partial charge in [0.05, 0.1) is 11.3 Å². The average Bonchev–Trinajstić information content (AvgIpc) is 3.24. The highest BCUT2D eigenvalue weighted by molar-refractivity contribution is 6.07. The summed E-state index contributed by atoms with van der Waals surface area (Å²) in [7, 11) is 0. The van der Waals surface area contributed by atoms with Crippen LogP contribution in [0.2, 0.25) is 0 Å². The molecule has 2 aliphatic rings. The van der Waals surface area contributed by atoms with Crippen molar-refractivity contribution in [3.05, 3.63) is 59.4 Å². The van der Waals surface area contributed by atoms with Crippen LogP contribution in [0.25, 0.3) is 0 Å². The van der Waals surface area contributed by atoms with Crippen molar-refractivity contribution >= 4 is 23.0 Å². The lowest BCUT2D eigenvalue weighted by Gasteiger charge is -2.46. The Balaban J connectivity index is 1.85. The summed E-state index contributed by atoms with van der Waals surface area (Å²) in [4.78, 5) is 15.5. The summed E-state index contributed by atoms with van der Waals surface area (Å²) in [6, 6.07) is 12.0. The standard InChI is InChI=1S/C24H23F4N5O/c1-16-5-7-18(8-6-16)30-22(34)23(32-11-3-2-4-12-32)14-21(24(26,27)28)31-33(23)19-9-10-20(25)17(13-19)15-29/h5-10,13H,2-4,11-12,14H2,1H3,(H,30,34)/t23-/m1/s1. The van der Waals surface area contributed by atoms with Crippen LogP contribution in [0.15, 0.2) is 47.6 Å². The molecule has 0 radical (unpaired) electrons. The maximum atomic E-state index is 14.0. The summed E-state index contributed by atoms with van der Waals surface area (Å²) in [6.45, 7) is 2.67. The molecule has 0 bridgehead atoms. The maximum Gasteiger partial charge on any atom is 0.431 e. The van der Waals surface area contributed by atoms with Crippen molar-refractivity contribution in [3.8, 4) is 6.07 Å². The van der Waals surface area contributed by atoms with E-state index in [0.29, 0.717) is 31.6 Å². The second kappa shape index (κ2) is 9.06. The summed E-state index contributed by atoms with van der Waals surface area (Å²) in [5.41, 5.74) is -1.87. The number of likely N-dealkylation sites (tertiary alicyclic amines) is 1. The van der Waals surface area contributed by atoms with Crippen LogP contribution >= 0.6 is 0 Å². The van der Waals surface area contributed by atoms with Crippen molar-refractivity contribution in [2.75, 3.05) is 23.4 Å². The zero-order valence-corrected chi connectivity index (χ0v) is 18.5. The van der Waals surface area contributed by atoms with Gasteiger partial charge in [-0.2, -0.15) is 23.5 Å². The first-order valence-electron chi connectivity index (χ1n) is 10.9. The number of nitrogens with zero attached hydrogens (tertiary/aromatic N) is 4. The zero-order valence-electron chi connectivity index (χ0n) is 18.5. The van der Waals surface area contributed by atoms with Crippen LogP contribution in [-0.2, 0) is 4.79 Å². The molecule has 10 heteroatoms. The number of hydrogen-bond donors (Lipinski definition) is 1. The van der Waals surface area contributed by atoms with Crippen LogP contribution in [0.5, 0.6) is 0 Å². The van der Waals surface area contributed by atoms with Gasteiger partial charge in [-0.05, 0) is 50.1 Å². The van der Waals surface area contributed by atoms with Crippen molar-refractivity contribution in [1.29, 1.82) is 5.26 Å². The number of halogens is 4. The van der Waals surface area contributed by atoms with Gasteiger partial charge in [-0.15, -0.1) is 0 Å². The normalized spacial score (nSPS) is 21.2. The number of carbonyl (C=O) groups excluding carboxylic acids is 1.